The van der Waals surface area contributed by atoms with Crippen molar-refractivity contribution >= 4 is 21.5 Å². The minimum atomic E-state index is 1.04. The van der Waals surface area contributed by atoms with Gasteiger partial charge in [0.2, 0.25) is 0 Å². The molecule has 0 atom stereocenters. The lowest BCUT2D eigenvalue weighted by atomic mass is 10.00. The Morgan fingerprint density at radius 1 is 0.875 bits per heavy atom. The summed E-state index contributed by atoms with van der Waals surface area (Å²) in [5.74, 6) is 0. The van der Waals surface area contributed by atoms with Crippen LogP contribution in [0.15, 0.2) is 48.5 Å². The molecule has 0 aliphatic heterocycles. The Kier molecular flexibility index (Phi) is 2.14. The third-order valence-electron chi connectivity index (χ3n) is 3.10. The van der Waals surface area contributed by atoms with E-state index in [9.17, 15) is 0 Å². The van der Waals surface area contributed by atoms with Crippen LogP contribution in [0, 0.1) is 6.07 Å². The summed E-state index contributed by atoms with van der Waals surface area (Å²) in [5, 5.41) is 5.14. The van der Waals surface area contributed by atoms with Crippen molar-refractivity contribution in [3.05, 3.63) is 60.2 Å². The molecule has 0 fully saturated rings. The first-order valence-corrected chi connectivity index (χ1v) is 5.71. The highest BCUT2D eigenvalue weighted by molar-refractivity contribution is 6.07. The lowest BCUT2D eigenvalue weighted by molar-refractivity contribution is 1.14. The molecule has 1 radical (unpaired) electrons. The number of fused-ring (bicyclic) bond motifs is 3. The number of aryl methyl sites for hydroxylation is 1. The van der Waals surface area contributed by atoms with E-state index < -0.39 is 0 Å². The maximum Gasteiger partial charge on any atom is -0.00642 e. The Labute approximate surface area is 95.5 Å². The minimum Gasteiger partial charge on any atom is -0.0616 e. The summed E-state index contributed by atoms with van der Waals surface area (Å²) in [6.45, 7) is 2.17. The van der Waals surface area contributed by atoms with Crippen molar-refractivity contribution in [1.82, 2.24) is 0 Å². The largest absolute Gasteiger partial charge is 0.0616 e. The summed E-state index contributed by atoms with van der Waals surface area (Å²) < 4.78 is 0. The van der Waals surface area contributed by atoms with Crippen molar-refractivity contribution in [2.24, 2.45) is 0 Å². The Hall–Kier alpha value is -1.82. The van der Waals surface area contributed by atoms with E-state index >= 15 is 0 Å². The molecule has 3 aromatic carbocycles. The van der Waals surface area contributed by atoms with E-state index in [-0.39, 0.29) is 0 Å². The zero-order valence-electron chi connectivity index (χ0n) is 9.33. The molecule has 0 saturated carbocycles. The molecule has 0 aromatic heterocycles. The fourth-order valence-corrected chi connectivity index (χ4v) is 2.19. The van der Waals surface area contributed by atoms with Gasteiger partial charge in [0.25, 0.3) is 0 Å². The third kappa shape index (κ3) is 1.38. The van der Waals surface area contributed by atoms with Gasteiger partial charge in [-0.1, -0.05) is 55.5 Å². The average molecular weight is 205 g/mol. The van der Waals surface area contributed by atoms with E-state index in [1.54, 1.807) is 0 Å². The van der Waals surface area contributed by atoms with Crippen molar-refractivity contribution in [2.75, 3.05) is 0 Å². The van der Waals surface area contributed by atoms with Gasteiger partial charge in [0.15, 0.2) is 0 Å². The molecule has 0 bridgehead atoms. The second-order valence-electron chi connectivity index (χ2n) is 4.09. The molecule has 77 valence electrons. The molecule has 3 rings (SSSR count). The zero-order chi connectivity index (χ0) is 11.0. The molecule has 0 heteroatoms. The van der Waals surface area contributed by atoms with Gasteiger partial charge in [0.1, 0.15) is 0 Å². The zero-order valence-corrected chi connectivity index (χ0v) is 9.33. The Balaban J connectivity index is 2.43. The fourth-order valence-electron chi connectivity index (χ4n) is 2.19. The van der Waals surface area contributed by atoms with Crippen LogP contribution >= 0.6 is 0 Å². The van der Waals surface area contributed by atoms with E-state index in [0.29, 0.717) is 0 Å². The normalized spacial score (nSPS) is 11.1. The van der Waals surface area contributed by atoms with Crippen LogP contribution in [0.4, 0.5) is 0 Å². The van der Waals surface area contributed by atoms with Crippen LogP contribution in [0.5, 0.6) is 0 Å². The van der Waals surface area contributed by atoms with E-state index in [1.165, 1.54) is 27.1 Å². The first kappa shape index (κ1) is 9.41. The molecule has 0 aliphatic carbocycles. The van der Waals surface area contributed by atoms with E-state index in [0.717, 1.165) is 6.42 Å². The predicted octanol–water partition coefficient (Wildman–Crippen LogP) is 4.36. The Morgan fingerprint density at radius 2 is 1.75 bits per heavy atom. The molecular formula is C16H13. The van der Waals surface area contributed by atoms with Crippen LogP contribution in [0.2, 0.25) is 0 Å². The van der Waals surface area contributed by atoms with Gasteiger partial charge in [-0.2, -0.15) is 0 Å². The molecule has 0 amide bonds. The topological polar surface area (TPSA) is 0 Å². The quantitative estimate of drug-likeness (QED) is 0.518. The SMILES string of the molecule is CCc1[c]c2ccc3ccccc3c2cc1. The summed E-state index contributed by atoms with van der Waals surface area (Å²) in [6, 6.07) is 20.7. The van der Waals surface area contributed by atoms with Gasteiger partial charge in [0.05, 0.1) is 0 Å². The highest BCUT2D eigenvalue weighted by Crippen LogP contribution is 2.25. The summed E-state index contributed by atoms with van der Waals surface area (Å²) in [5.41, 5.74) is 1.28. The predicted molar refractivity (Wildman–Crippen MR) is 69.7 cm³/mol. The molecule has 0 heterocycles. The summed E-state index contributed by atoms with van der Waals surface area (Å²) in [7, 11) is 0. The third-order valence-corrected chi connectivity index (χ3v) is 3.10. The van der Waals surface area contributed by atoms with Gasteiger partial charge in [-0.25, -0.2) is 0 Å². The van der Waals surface area contributed by atoms with E-state index in [1.807, 2.05) is 0 Å². The van der Waals surface area contributed by atoms with Crippen LogP contribution in [0.25, 0.3) is 21.5 Å². The van der Waals surface area contributed by atoms with Crippen molar-refractivity contribution in [3.63, 3.8) is 0 Å². The first-order valence-electron chi connectivity index (χ1n) is 5.71. The molecule has 16 heavy (non-hydrogen) atoms. The molecular weight excluding hydrogens is 192 g/mol. The summed E-state index contributed by atoms with van der Waals surface area (Å²) in [4.78, 5) is 0. The van der Waals surface area contributed by atoms with E-state index in [2.05, 4.69) is 61.5 Å². The fraction of sp³-hybridized carbons (Fsp3) is 0.125. The van der Waals surface area contributed by atoms with Crippen LogP contribution < -0.4 is 0 Å². The van der Waals surface area contributed by atoms with Crippen molar-refractivity contribution in [1.29, 1.82) is 0 Å². The molecule has 0 spiro atoms. The number of hydrogen-bond acceptors (Lipinski definition) is 0. The van der Waals surface area contributed by atoms with Crippen LogP contribution in [0.3, 0.4) is 0 Å². The standard InChI is InChI=1S/C16H13/c1-2-12-7-10-16-14(11-12)9-8-13-5-3-4-6-15(13)16/h3-10H,2H2,1H3. The van der Waals surface area contributed by atoms with E-state index in [4.69, 9.17) is 0 Å². The number of rotatable bonds is 1. The van der Waals surface area contributed by atoms with Gasteiger partial charge in [-0.05, 0) is 39.6 Å². The highest BCUT2D eigenvalue weighted by Gasteiger charge is 2.00. The Bertz CT molecular complexity index is 650. The molecule has 0 unspecified atom stereocenters. The van der Waals surface area contributed by atoms with Gasteiger partial charge in [-0.3, -0.25) is 0 Å². The molecule has 3 aromatic rings. The first-order chi connectivity index (χ1) is 7.88. The minimum absolute atomic E-state index is 1.04. The van der Waals surface area contributed by atoms with Crippen LogP contribution in [-0.2, 0) is 6.42 Å². The lowest BCUT2D eigenvalue weighted by Crippen LogP contribution is -1.82. The molecule has 0 N–H and O–H groups in total. The van der Waals surface area contributed by atoms with Gasteiger partial charge in [-0.15, -0.1) is 0 Å². The molecule has 0 aliphatic rings. The van der Waals surface area contributed by atoms with Gasteiger partial charge < -0.3 is 0 Å². The van der Waals surface area contributed by atoms with Crippen molar-refractivity contribution < 1.29 is 0 Å². The van der Waals surface area contributed by atoms with Crippen molar-refractivity contribution in [3.8, 4) is 0 Å². The number of benzene rings is 3. The number of hydrogen-bond donors (Lipinski definition) is 0. The summed E-state index contributed by atoms with van der Waals surface area (Å²) in [6.07, 6.45) is 1.04. The monoisotopic (exact) mass is 205 g/mol. The van der Waals surface area contributed by atoms with Crippen LogP contribution in [-0.4, -0.2) is 0 Å². The molecule has 0 nitrogen and oxygen atoms in total. The van der Waals surface area contributed by atoms with Gasteiger partial charge >= 0.3 is 0 Å². The van der Waals surface area contributed by atoms with Crippen molar-refractivity contribution in [2.45, 2.75) is 13.3 Å². The summed E-state index contributed by atoms with van der Waals surface area (Å²) >= 11 is 0. The van der Waals surface area contributed by atoms with Crippen LogP contribution in [0.1, 0.15) is 12.5 Å². The maximum atomic E-state index is 3.47. The second kappa shape index (κ2) is 3.64. The highest BCUT2D eigenvalue weighted by atomic mass is 14.0. The lowest BCUT2D eigenvalue weighted by Gasteiger charge is -2.04. The average Bonchev–Trinajstić information content (AvgIpc) is 2.38. The molecule has 0 saturated heterocycles. The van der Waals surface area contributed by atoms with Gasteiger partial charge in [0, 0.05) is 0 Å². The maximum absolute atomic E-state index is 3.47. The smallest absolute Gasteiger partial charge is 0.00642 e. The Morgan fingerprint density at radius 3 is 2.62 bits per heavy atom. The second-order valence-corrected chi connectivity index (χ2v) is 4.09.